The lowest BCUT2D eigenvalue weighted by Gasteiger charge is -2.19. The average molecular weight is 442 g/mol. The van der Waals surface area contributed by atoms with Crippen molar-refractivity contribution in [1.82, 2.24) is 14.9 Å². The van der Waals surface area contributed by atoms with Gasteiger partial charge in [-0.1, -0.05) is 63.2 Å². The third-order valence-electron chi connectivity index (χ3n) is 5.71. The number of ether oxygens (including phenoxy) is 1. The van der Waals surface area contributed by atoms with Crippen molar-refractivity contribution in [1.29, 1.82) is 0 Å². The summed E-state index contributed by atoms with van der Waals surface area (Å²) in [7, 11) is 0. The lowest BCUT2D eigenvalue weighted by atomic mass is 9.87. The van der Waals surface area contributed by atoms with Crippen LogP contribution in [0.2, 0.25) is 0 Å². The van der Waals surface area contributed by atoms with Crippen LogP contribution in [0.3, 0.4) is 0 Å². The van der Waals surface area contributed by atoms with E-state index in [-0.39, 0.29) is 11.3 Å². The first kappa shape index (κ1) is 22.6. The summed E-state index contributed by atoms with van der Waals surface area (Å²) >= 11 is 0. The van der Waals surface area contributed by atoms with Crippen LogP contribution < -0.4 is 10.1 Å². The molecule has 5 heteroatoms. The number of hydrogen-bond acceptors (Lipinski definition) is 3. The number of para-hydroxylation sites is 2. The van der Waals surface area contributed by atoms with Gasteiger partial charge in [0.1, 0.15) is 18.2 Å². The SMILES string of the molecule is CC(C)(C)c1ccc(OCCn2c(CCNC(=O)c3ccccc3)nc3ccccc32)cc1. The predicted molar refractivity (Wildman–Crippen MR) is 133 cm³/mol. The number of fused-ring (bicyclic) bond motifs is 1. The van der Waals surface area contributed by atoms with Gasteiger partial charge in [0.2, 0.25) is 0 Å². The molecule has 0 aliphatic rings. The highest BCUT2D eigenvalue weighted by molar-refractivity contribution is 5.94. The Morgan fingerprint density at radius 1 is 0.939 bits per heavy atom. The molecule has 4 rings (SSSR count). The van der Waals surface area contributed by atoms with Crippen molar-refractivity contribution in [2.75, 3.05) is 13.2 Å². The van der Waals surface area contributed by atoms with Gasteiger partial charge in [0.25, 0.3) is 5.91 Å². The van der Waals surface area contributed by atoms with Crippen LogP contribution in [0.4, 0.5) is 0 Å². The first-order valence-electron chi connectivity index (χ1n) is 11.4. The van der Waals surface area contributed by atoms with E-state index in [9.17, 15) is 4.79 Å². The smallest absolute Gasteiger partial charge is 0.251 e. The molecule has 5 nitrogen and oxygen atoms in total. The summed E-state index contributed by atoms with van der Waals surface area (Å²) in [4.78, 5) is 17.2. The quantitative estimate of drug-likeness (QED) is 0.399. The minimum absolute atomic E-state index is 0.0692. The van der Waals surface area contributed by atoms with Crippen molar-refractivity contribution in [2.45, 2.75) is 39.2 Å². The summed E-state index contributed by atoms with van der Waals surface area (Å²) in [6.07, 6.45) is 0.646. The van der Waals surface area contributed by atoms with E-state index in [4.69, 9.17) is 9.72 Å². The first-order chi connectivity index (χ1) is 15.9. The zero-order valence-corrected chi connectivity index (χ0v) is 19.5. The Morgan fingerprint density at radius 3 is 2.36 bits per heavy atom. The average Bonchev–Trinajstić information content (AvgIpc) is 3.17. The number of nitrogens with one attached hydrogen (secondary N) is 1. The van der Waals surface area contributed by atoms with Crippen LogP contribution in [-0.4, -0.2) is 28.6 Å². The number of aromatic nitrogens is 2. The van der Waals surface area contributed by atoms with Gasteiger partial charge in [-0.15, -0.1) is 0 Å². The number of hydrogen-bond donors (Lipinski definition) is 1. The van der Waals surface area contributed by atoms with Gasteiger partial charge in [-0.25, -0.2) is 4.98 Å². The van der Waals surface area contributed by atoms with E-state index in [0.717, 1.165) is 22.6 Å². The highest BCUT2D eigenvalue weighted by Crippen LogP contribution is 2.24. The molecule has 1 heterocycles. The molecule has 4 aromatic rings. The van der Waals surface area contributed by atoms with Crippen molar-refractivity contribution >= 4 is 16.9 Å². The summed E-state index contributed by atoms with van der Waals surface area (Å²) in [6, 6.07) is 25.7. The van der Waals surface area contributed by atoms with Gasteiger partial charge in [-0.2, -0.15) is 0 Å². The van der Waals surface area contributed by atoms with Crippen LogP contribution in [0.5, 0.6) is 5.75 Å². The topological polar surface area (TPSA) is 56.1 Å². The Morgan fingerprint density at radius 2 is 1.64 bits per heavy atom. The Bertz CT molecular complexity index is 1210. The molecular formula is C28H31N3O2. The molecular weight excluding hydrogens is 410 g/mol. The molecule has 0 saturated carbocycles. The van der Waals surface area contributed by atoms with Crippen LogP contribution >= 0.6 is 0 Å². The third-order valence-corrected chi connectivity index (χ3v) is 5.71. The molecule has 33 heavy (non-hydrogen) atoms. The summed E-state index contributed by atoms with van der Waals surface area (Å²) in [5, 5.41) is 2.99. The van der Waals surface area contributed by atoms with E-state index in [2.05, 4.69) is 48.9 Å². The van der Waals surface area contributed by atoms with E-state index in [1.54, 1.807) is 0 Å². The fourth-order valence-corrected chi connectivity index (χ4v) is 3.85. The van der Waals surface area contributed by atoms with Crippen LogP contribution in [-0.2, 0) is 18.4 Å². The van der Waals surface area contributed by atoms with Crippen LogP contribution in [0.15, 0.2) is 78.9 Å². The first-order valence-corrected chi connectivity index (χ1v) is 11.4. The van der Waals surface area contributed by atoms with Gasteiger partial charge in [-0.05, 0) is 47.4 Å². The molecule has 170 valence electrons. The zero-order chi connectivity index (χ0) is 23.3. The van der Waals surface area contributed by atoms with Crippen molar-refractivity contribution in [2.24, 2.45) is 0 Å². The summed E-state index contributed by atoms with van der Waals surface area (Å²) in [6.45, 7) is 8.36. The van der Waals surface area contributed by atoms with E-state index >= 15 is 0 Å². The number of carbonyl (C=O) groups is 1. The molecule has 1 N–H and O–H groups in total. The maximum atomic E-state index is 12.3. The van der Waals surface area contributed by atoms with E-state index in [1.165, 1.54) is 5.56 Å². The number of rotatable bonds is 8. The molecule has 1 amide bonds. The Hall–Kier alpha value is -3.60. The highest BCUT2D eigenvalue weighted by Gasteiger charge is 2.14. The molecule has 1 aromatic heterocycles. The predicted octanol–water partition coefficient (Wildman–Crippen LogP) is 5.39. The van der Waals surface area contributed by atoms with Crippen molar-refractivity contribution < 1.29 is 9.53 Å². The van der Waals surface area contributed by atoms with Crippen molar-refractivity contribution in [3.8, 4) is 5.75 Å². The van der Waals surface area contributed by atoms with Gasteiger partial charge < -0.3 is 14.6 Å². The lowest BCUT2D eigenvalue weighted by Crippen LogP contribution is -2.26. The number of imidazole rings is 1. The van der Waals surface area contributed by atoms with Crippen LogP contribution in [0, 0.1) is 0 Å². The second kappa shape index (κ2) is 9.90. The Balaban J connectivity index is 1.40. The second-order valence-electron chi connectivity index (χ2n) is 9.16. The monoisotopic (exact) mass is 441 g/mol. The molecule has 0 saturated heterocycles. The summed E-state index contributed by atoms with van der Waals surface area (Å²) in [5.41, 5.74) is 4.11. The van der Waals surface area contributed by atoms with Gasteiger partial charge in [-0.3, -0.25) is 4.79 Å². The van der Waals surface area contributed by atoms with E-state index in [0.29, 0.717) is 31.7 Å². The normalized spacial score (nSPS) is 11.5. The van der Waals surface area contributed by atoms with Crippen molar-refractivity contribution in [3.05, 3.63) is 95.8 Å². The maximum Gasteiger partial charge on any atom is 0.251 e. The molecule has 0 fully saturated rings. The highest BCUT2D eigenvalue weighted by atomic mass is 16.5. The van der Waals surface area contributed by atoms with E-state index in [1.807, 2.05) is 60.7 Å². The fourth-order valence-electron chi connectivity index (χ4n) is 3.85. The molecule has 0 bridgehead atoms. The molecule has 0 atom stereocenters. The van der Waals surface area contributed by atoms with Crippen molar-refractivity contribution in [3.63, 3.8) is 0 Å². The standard InChI is InChI=1S/C28H31N3O2/c1-28(2,3)22-13-15-23(16-14-22)33-20-19-31-25-12-8-7-11-24(25)30-26(31)17-18-29-27(32)21-9-5-4-6-10-21/h4-16H,17-20H2,1-3H3,(H,29,32). The summed E-state index contributed by atoms with van der Waals surface area (Å²) in [5.74, 6) is 1.74. The molecule has 0 aliphatic carbocycles. The Kier molecular flexibility index (Phi) is 6.78. The second-order valence-corrected chi connectivity index (χ2v) is 9.16. The molecule has 3 aromatic carbocycles. The van der Waals surface area contributed by atoms with Crippen LogP contribution in [0.25, 0.3) is 11.0 Å². The molecule has 0 radical (unpaired) electrons. The summed E-state index contributed by atoms with van der Waals surface area (Å²) < 4.78 is 8.22. The number of benzene rings is 3. The largest absolute Gasteiger partial charge is 0.492 e. The zero-order valence-electron chi connectivity index (χ0n) is 19.5. The van der Waals surface area contributed by atoms with Gasteiger partial charge in [0.15, 0.2) is 0 Å². The minimum atomic E-state index is -0.0692. The number of nitrogens with zero attached hydrogens (tertiary/aromatic N) is 2. The van der Waals surface area contributed by atoms with Gasteiger partial charge >= 0.3 is 0 Å². The van der Waals surface area contributed by atoms with Gasteiger partial charge in [0.05, 0.1) is 17.6 Å². The molecule has 0 unspecified atom stereocenters. The lowest BCUT2D eigenvalue weighted by molar-refractivity contribution is 0.0954. The maximum absolute atomic E-state index is 12.3. The van der Waals surface area contributed by atoms with Crippen LogP contribution in [0.1, 0.15) is 42.5 Å². The minimum Gasteiger partial charge on any atom is -0.492 e. The third kappa shape index (κ3) is 5.61. The number of amides is 1. The number of carbonyl (C=O) groups excluding carboxylic acids is 1. The fraction of sp³-hybridized carbons (Fsp3) is 0.286. The van der Waals surface area contributed by atoms with Gasteiger partial charge in [0, 0.05) is 18.5 Å². The molecule has 0 aliphatic heterocycles. The van der Waals surface area contributed by atoms with E-state index < -0.39 is 0 Å². The Labute approximate surface area is 195 Å². The molecule has 0 spiro atoms.